The summed E-state index contributed by atoms with van der Waals surface area (Å²) in [6.07, 6.45) is 12.2. The molecule has 1 unspecified atom stereocenters. The van der Waals surface area contributed by atoms with Gasteiger partial charge in [0.15, 0.2) is 0 Å². The number of esters is 1. The second kappa shape index (κ2) is 9.76. The Bertz CT molecular complexity index is 576. The summed E-state index contributed by atoms with van der Waals surface area (Å²) in [4.78, 5) is 11.4. The second-order valence-electron chi connectivity index (χ2n) is 7.65. The van der Waals surface area contributed by atoms with Gasteiger partial charge in [0, 0.05) is 0 Å². The summed E-state index contributed by atoms with van der Waals surface area (Å²) >= 11 is 0. The van der Waals surface area contributed by atoms with E-state index in [4.69, 9.17) is 4.74 Å². The van der Waals surface area contributed by atoms with Crippen LogP contribution >= 0.6 is 0 Å². The van der Waals surface area contributed by atoms with Crippen LogP contribution in [0.2, 0.25) is 0 Å². The maximum absolute atomic E-state index is 11.4. The van der Waals surface area contributed by atoms with Gasteiger partial charge in [-0.15, -0.1) is 0 Å². The number of hydrogen-bond donors (Lipinski definition) is 1. The van der Waals surface area contributed by atoms with E-state index in [1.165, 1.54) is 5.57 Å². The molecule has 1 N–H and O–H groups in total. The third kappa shape index (κ3) is 7.03. The van der Waals surface area contributed by atoms with E-state index in [9.17, 15) is 9.90 Å². The van der Waals surface area contributed by atoms with Crippen molar-refractivity contribution in [1.82, 2.24) is 0 Å². The molecule has 0 heterocycles. The van der Waals surface area contributed by atoms with Crippen LogP contribution in [0.4, 0.5) is 0 Å². The molecular weight excluding hydrogens is 312 g/mol. The molecule has 0 spiro atoms. The highest BCUT2D eigenvalue weighted by Gasteiger charge is 2.30. The molecule has 0 saturated heterocycles. The molecule has 0 bridgehead atoms. The maximum atomic E-state index is 11.4. The lowest BCUT2D eigenvalue weighted by Crippen LogP contribution is -2.27. The van der Waals surface area contributed by atoms with Crippen molar-refractivity contribution in [2.75, 3.05) is 6.61 Å². The van der Waals surface area contributed by atoms with E-state index in [0.717, 1.165) is 24.0 Å². The zero-order valence-electron chi connectivity index (χ0n) is 16.6. The summed E-state index contributed by atoms with van der Waals surface area (Å²) in [5.74, 6) is 0.00482. The van der Waals surface area contributed by atoms with Gasteiger partial charge in [-0.05, 0) is 56.1 Å². The first-order chi connectivity index (χ1) is 11.7. The Hall–Kier alpha value is -1.61. The summed E-state index contributed by atoms with van der Waals surface area (Å²) in [7, 11) is 0. The van der Waals surface area contributed by atoms with Crippen molar-refractivity contribution in [1.29, 1.82) is 0 Å². The van der Waals surface area contributed by atoms with Gasteiger partial charge in [-0.25, -0.2) is 0 Å². The van der Waals surface area contributed by atoms with Gasteiger partial charge in [0.2, 0.25) is 0 Å². The Morgan fingerprint density at radius 1 is 1.44 bits per heavy atom. The highest BCUT2D eigenvalue weighted by Crippen LogP contribution is 2.40. The van der Waals surface area contributed by atoms with E-state index >= 15 is 0 Å². The number of ether oxygens (including phenoxy) is 1. The lowest BCUT2D eigenvalue weighted by molar-refractivity contribution is -0.143. The van der Waals surface area contributed by atoms with Crippen molar-refractivity contribution in [2.24, 2.45) is 11.3 Å². The SMILES string of the molecule is CCOC(=O)C[C@H](C)/C=C/C=C(C)\C=C\C1=C(C)C(O)CCC1(C)C. The van der Waals surface area contributed by atoms with E-state index in [0.29, 0.717) is 13.0 Å². The van der Waals surface area contributed by atoms with Crippen LogP contribution in [-0.2, 0) is 9.53 Å². The van der Waals surface area contributed by atoms with Gasteiger partial charge >= 0.3 is 5.97 Å². The molecule has 1 aliphatic rings. The van der Waals surface area contributed by atoms with Crippen LogP contribution in [0, 0.1) is 11.3 Å². The fourth-order valence-corrected chi connectivity index (χ4v) is 3.14. The second-order valence-corrected chi connectivity index (χ2v) is 7.65. The molecule has 0 fully saturated rings. The fraction of sp³-hybridized carbons (Fsp3) is 0.591. The first-order valence-corrected chi connectivity index (χ1v) is 9.25. The highest BCUT2D eigenvalue weighted by molar-refractivity contribution is 5.69. The molecule has 0 aromatic carbocycles. The van der Waals surface area contributed by atoms with Gasteiger partial charge in [0.05, 0.1) is 19.1 Å². The summed E-state index contributed by atoms with van der Waals surface area (Å²) in [6, 6.07) is 0. The molecule has 0 aliphatic heterocycles. The van der Waals surface area contributed by atoms with Crippen molar-refractivity contribution in [3.63, 3.8) is 0 Å². The minimum absolute atomic E-state index is 0.101. The van der Waals surface area contributed by atoms with Gasteiger partial charge in [-0.2, -0.15) is 0 Å². The Balaban J connectivity index is 2.71. The zero-order valence-corrected chi connectivity index (χ0v) is 16.6. The maximum Gasteiger partial charge on any atom is 0.306 e. The van der Waals surface area contributed by atoms with E-state index < -0.39 is 0 Å². The third-order valence-corrected chi connectivity index (χ3v) is 4.80. The lowest BCUT2D eigenvalue weighted by Gasteiger charge is -2.35. The average molecular weight is 347 g/mol. The van der Waals surface area contributed by atoms with Crippen LogP contribution in [-0.4, -0.2) is 23.8 Å². The molecule has 0 saturated carbocycles. The third-order valence-electron chi connectivity index (χ3n) is 4.80. The molecule has 3 heteroatoms. The topological polar surface area (TPSA) is 46.5 Å². The molecule has 3 nitrogen and oxygen atoms in total. The number of hydrogen-bond acceptors (Lipinski definition) is 3. The predicted octanol–water partition coefficient (Wildman–Crippen LogP) is 5.13. The monoisotopic (exact) mass is 346 g/mol. The van der Waals surface area contributed by atoms with Gasteiger partial charge in [0.25, 0.3) is 0 Å². The number of rotatable bonds is 7. The highest BCUT2D eigenvalue weighted by atomic mass is 16.5. The van der Waals surface area contributed by atoms with Crippen LogP contribution in [0.25, 0.3) is 0 Å². The molecule has 140 valence electrons. The smallest absolute Gasteiger partial charge is 0.306 e. The lowest BCUT2D eigenvalue weighted by atomic mass is 9.71. The molecule has 0 aromatic heterocycles. The van der Waals surface area contributed by atoms with Crippen molar-refractivity contribution >= 4 is 5.97 Å². The summed E-state index contributed by atoms with van der Waals surface area (Å²) in [5.41, 5.74) is 3.55. The van der Waals surface area contributed by atoms with Crippen molar-refractivity contribution < 1.29 is 14.6 Å². The summed E-state index contributed by atoms with van der Waals surface area (Å²) in [5, 5.41) is 10.1. The molecule has 0 amide bonds. The standard InChI is InChI=1S/C22H34O3/c1-7-25-21(24)15-17(3)10-8-9-16(2)11-12-19-18(4)20(23)13-14-22(19,5)6/h8-12,17,20,23H,7,13-15H2,1-6H3/b10-8+,12-11+,16-9-/t17-,20?/m1/s1. The number of carbonyl (C=O) groups is 1. The first-order valence-electron chi connectivity index (χ1n) is 9.25. The van der Waals surface area contributed by atoms with Gasteiger partial charge in [-0.1, -0.05) is 56.7 Å². The van der Waals surface area contributed by atoms with E-state index in [2.05, 4.69) is 32.9 Å². The van der Waals surface area contributed by atoms with E-state index in [1.54, 1.807) is 0 Å². The van der Waals surface area contributed by atoms with E-state index in [1.807, 2.05) is 39.0 Å². The quantitative estimate of drug-likeness (QED) is 0.513. The van der Waals surface area contributed by atoms with Crippen molar-refractivity contribution in [3.05, 3.63) is 47.1 Å². The van der Waals surface area contributed by atoms with Crippen LogP contribution < -0.4 is 0 Å². The molecule has 0 radical (unpaired) electrons. The number of allylic oxidation sites excluding steroid dienone is 7. The normalized spacial score (nSPS) is 22.7. The largest absolute Gasteiger partial charge is 0.466 e. The summed E-state index contributed by atoms with van der Waals surface area (Å²) in [6.45, 7) is 12.8. The van der Waals surface area contributed by atoms with Crippen molar-refractivity contribution in [2.45, 2.75) is 66.9 Å². The zero-order chi connectivity index (χ0) is 19.0. The van der Waals surface area contributed by atoms with Gasteiger partial charge < -0.3 is 9.84 Å². The van der Waals surface area contributed by atoms with Crippen LogP contribution in [0.5, 0.6) is 0 Å². The minimum Gasteiger partial charge on any atom is -0.466 e. The van der Waals surface area contributed by atoms with Crippen LogP contribution in [0.15, 0.2) is 47.1 Å². The molecule has 1 rings (SSSR count). The molecule has 2 atom stereocenters. The molecule has 1 aliphatic carbocycles. The fourth-order valence-electron chi connectivity index (χ4n) is 3.14. The number of aliphatic hydroxyl groups is 1. The summed E-state index contributed by atoms with van der Waals surface area (Å²) < 4.78 is 4.96. The molecular formula is C22H34O3. The van der Waals surface area contributed by atoms with E-state index in [-0.39, 0.29) is 23.4 Å². The Kier molecular flexibility index (Phi) is 8.37. The van der Waals surface area contributed by atoms with Crippen LogP contribution in [0.3, 0.4) is 0 Å². The predicted molar refractivity (Wildman–Crippen MR) is 104 cm³/mol. The van der Waals surface area contributed by atoms with Crippen LogP contribution in [0.1, 0.15) is 60.8 Å². The van der Waals surface area contributed by atoms with Gasteiger partial charge in [-0.3, -0.25) is 4.79 Å². The number of aliphatic hydroxyl groups excluding tert-OH is 1. The minimum atomic E-state index is -0.319. The number of carbonyl (C=O) groups excluding carboxylic acids is 1. The Morgan fingerprint density at radius 3 is 2.76 bits per heavy atom. The Labute approximate surface area is 153 Å². The molecule has 0 aromatic rings. The first kappa shape index (κ1) is 21.4. The van der Waals surface area contributed by atoms with Crippen molar-refractivity contribution in [3.8, 4) is 0 Å². The van der Waals surface area contributed by atoms with Gasteiger partial charge in [0.1, 0.15) is 0 Å². The average Bonchev–Trinajstić information content (AvgIpc) is 2.51. The Morgan fingerprint density at radius 2 is 2.12 bits per heavy atom. The molecule has 25 heavy (non-hydrogen) atoms.